The summed E-state index contributed by atoms with van der Waals surface area (Å²) in [5.41, 5.74) is 0. The van der Waals surface area contributed by atoms with Crippen LogP contribution in [0.3, 0.4) is 0 Å². The van der Waals surface area contributed by atoms with Gasteiger partial charge in [0.1, 0.15) is 13.2 Å². The van der Waals surface area contributed by atoms with E-state index in [0.717, 1.165) is 70.6 Å². The van der Waals surface area contributed by atoms with Gasteiger partial charge in [-0.15, -0.1) is 0 Å². The molecule has 0 N–H and O–H groups in total. The van der Waals surface area contributed by atoms with Gasteiger partial charge in [-0.3, -0.25) is 14.4 Å². The highest BCUT2D eigenvalue weighted by atomic mass is 16.6. The number of esters is 3. The van der Waals surface area contributed by atoms with Crippen LogP contribution in [0.2, 0.25) is 0 Å². The maximum atomic E-state index is 12.8. The zero-order chi connectivity index (χ0) is 45.8. The largest absolute Gasteiger partial charge is 0.462 e. The van der Waals surface area contributed by atoms with Crippen LogP contribution in [0.5, 0.6) is 0 Å². The quantitative estimate of drug-likeness (QED) is 0.0262. The number of hydrogen-bond acceptors (Lipinski definition) is 6. The maximum Gasteiger partial charge on any atom is 0.306 e. The highest BCUT2D eigenvalue weighted by Gasteiger charge is 2.19. The van der Waals surface area contributed by atoms with Gasteiger partial charge in [-0.25, -0.2) is 0 Å². The first kappa shape index (κ1) is 59.9. The molecule has 63 heavy (non-hydrogen) atoms. The predicted molar refractivity (Wildman–Crippen MR) is 270 cm³/mol. The van der Waals surface area contributed by atoms with Crippen molar-refractivity contribution in [1.82, 2.24) is 0 Å². The van der Waals surface area contributed by atoms with Gasteiger partial charge in [0.2, 0.25) is 0 Å². The van der Waals surface area contributed by atoms with Gasteiger partial charge >= 0.3 is 17.9 Å². The Morgan fingerprint density at radius 2 is 0.587 bits per heavy atom. The highest BCUT2D eigenvalue weighted by molar-refractivity contribution is 5.71. The van der Waals surface area contributed by atoms with E-state index in [2.05, 4.69) is 93.7 Å². The van der Waals surface area contributed by atoms with Crippen molar-refractivity contribution in [2.75, 3.05) is 13.2 Å². The molecular formula is C57H98O6. The van der Waals surface area contributed by atoms with E-state index in [4.69, 9.17) is 14.2 Å². The van der Waals surface area contributed by atoms with Gasteiger partial charge in [-0.1, -0.05) is 196 Å². The molecule has 1 atom stereocenters. The Morgan fingerprint density at radius 1 is 0.317 bits per heavy atom. The van der Waals surface area contributed by atoms with Gasteiger partial charge in [-0.05, 0) is 109 Å². The lowest BCUT2D eigenvalue weighted by molar-refractivity contribution is -0.167. The molecule has 0 unspecified atom stereocenters. The molecule has 0 aromatic carbocycles. The van der Waals surface area contributed by atoms with Gasteiger partial charge in [0.15, 0.2) is 6.10 Å². The van der Waals surface area contributed by atoms with Crippen LogP contribution in [0.15, 0.2) is 72.9 Å². The monoisotopic (exact) mass is 879 g/mol. The molecule has 0 rings (SSSR count). The van der Waals surface area contributed by atoms with E-state index in [9.17, 15) is 14.4 Å². The molecule has 6 nitrogen and oxygen atoms in total. The zero-order valence-electron chi connectivity index (χ0n) is 41.3. The number of carbonyl (C=O) groups is 3. The van der Waals surface area contributed by atoms with E-state index in [0.29, 0.717) is 19.3 Å². The Bertz CT molecular complexity index is 1190. The van der Waals surface area contributed by atoms with Gasteiger partial charge in [-0.2, -0.15) is 0 Å². The molecule has 0 aliphatic rings. The third-order valence-corrected chi connectivity index (χ3v) is 11.2. The lowest BCUT2D eigenvalue weighted by Crippen LogP contribution is -2.30. The van der Waals surface area contributed by atoms with Crippen LogP contribution in [-0.4, -0.2) is 37.2 Å². The van der Waals surface area contributed by atoms with Crippen molar-refractivity contribution in [2.45, 2.75) is 258 Å². The minimum Gasteiger partial charge on any atom is -0.462 e. The molecule has 0 amide bonds. The second-order valence-electron chi connectivity index (χ2n) is 17.4. The molecule has 0 heterocycles. The molecule has 6 heteroatoms. The summed E-state index contributed by atoms with van der Waals surface area (Å²) in [6, 6.07) is 0. The van der Waals surface area contributed by atoms with Gasteiger partial charge < -0.3 is 14.2 Å². The summed E-state index contributed by atoms with van der Waals surface area (Å²) in [5.74, 6) is -0.967. The lowest BCUT2D eigenvalue weighted by atomic mass is 10.1. The number of carbonyl (C=O) groups excluding carboxylic acids is 3. The van der Waals surface area contributed by atoms with E-state index < -0.39 is 6.10 Å². The van der Waals surface area contributed by atoms with Crippen LogP contribution in [-0.2, 0) is 28.6 Å². The summed E-state index contributed by atoms with van der Waals surface area (Å²) in [7, 11) is 0. The maximum absolute atomic E-state index is 12.8. The Labute approximate surface area is 389 Å². The van der Waals surface area contributed by atoms with Crippen molar-refractivity contribution in [3.8, 4) is 0 Å². The first-order valence-electron chi connectivity index (χ1n) is 26.4. The molecule has 0 aliphatic carbocycles. The zero-order valence-corrected chi connectivity index (χ0v) is 41.3. The van der Waals surface area contributed by atoms with Crippen LogP contribution in [0.1, 0.15) is 252 Å². The SMILES string of the molecule is CCCCC/C=C/C/C=C/C/C=C/C/C=C/CCCC(=O)OC[C@@H](COC(=O)CCCCCCC/C=C/CCCCCC)OC(=O)CCCCCCCCC/C=C/CCCCCC. The second kappa shape index (κ2) is 51.5. The van der Waals surface area contributed by atoms with Crippen molar-refractivity contribution >= 4 is 17.9 Å². The summed E-state index contributed by atoms with van der Waals surface area (Å²) in [4.78, 5) is 38.0. The molecule has 0 aromatic rings. The van der Waals surface area contributed by atoms with Crippen LogP contribution in [0, 0.1) is 0 Å². The fourth-order valence-corrected chi connectivity index (χ4v) is 7.13. The number of hydrogen-bond donors (Lipinski definition) is 0. The third-order valence-electron chi connectivity index (χ3n) is 11.2. The molecule has 0 saturated heterocycles. The molecule has 0 saturated carbocycles. The van der Waals surface area contributed by atoms with E-state index in [1.165, 1.54) is 135 Å². The fourth-order valence-electron chi connectivity index (χ4n) is 7.13. The standard InChI is InChI=1S/C57H98O6/c1-4-7-10-13-16-19-22-25-27-28-30-32-35-38-41-44-47-50-56(59)62-53-54(52-61-55(58)49-46-43-40-37-34-31-24-21-18-15-12-9-6-3)63-57(60)51-48-45-42-39-36-33-29-26-23-20-17-14-11-8-5-2/h16,19-21,23-25,27,30,32,38,41,54H,4-15,17-18,22,26,28-29,31,33-37,39-40,42-53H2,1-3H3/b19-16+,23-20+,24-21+,27-25+,32-30+,41-38+/t54-/m1/s1. The average molecular weight is 879 g/mol. The number of allylic oxidation sites excluding steroid dienone is 12. The van der Waals surface area contributed by atoms with Crippen molar-refractivity contribution in [3.05, 3.63) is 72.9 Å². The van der Waals surface area contributed by atoms with Gasteiger partial charge in [0.05, 0.1) is 0 Å². The molecule has 0 spiro atoms. The van der Waals surface area contributed by atoms with Crippen LogP contribution in [0.4, 0.5) is 0 Å². The normalized spacial score (nSPS) is 12.6. The summed E-state index contributed by atoms with van der Waals surface area (Å²) in [5, 5.41) is 0. The number of unbranched alkanes of at least 4 members (excludes halogenated alkanes) is 24. The van der Waals surface area contributed by atoms with Crippen LogP contribution in [0.25, 0.3) is 0 Å². The van der Waals surface area contributed by atoms with Crippen molar-refractivity contribution in [2.24, 2.45) is 0 Å². The summed E-state index contributed by atoms with van der Waals surface area (Å²) >= 11 is 0. The summed E-state index contributed by atoms with van der Waals surface area (Å²) < 4.78 is 16.7. The lowest BCUT2D eigenvalue weighted by Gasteiger charge is -2.18. The van der Waals surface area contributed by atoms with Crippen molar-refractivity contribution in [3.63, 3.8) is 0 Å². The molecule has 0 aromatic heterocycles. The molecular weight excluding hydrogens is 781 g/mol. The smallest absolute Gasteiger partial charge is 0.306 e. The fraction of sp³-hybridized carbons (Fsp3) is 0.737. The van der Waals surface area contributed by atoms with Crippen LogP contribution >= 0.6 is 0 Å². The Balaban J connectivity index is 4.48. The predicted octanol–water partition coefficient (Wildman–Crippen LogP) is 17.4. The Hall–Kier alpha value is -3.15. The average Bonchev–Trinajstić information content (AvgIpc) is 3.28. The third kappa shape index (κ3) is 49.7. The minimum absolute atomic E-state index is 0.0983. The molecule has 0 aliphatic heterocycles. The minimum atomic E-state index is -0.802. The van der Waals surface area contributed by atoms with Gasteiger partial charge in [0.25, 0.3) is 0 Å². The molecule has 0 radical (unpaired) electrons. The number of ether oxygens (including phenoxy) is 3. The van der Waals surface area contributed by atoms with Crippen molar-refractivity contribution in [1.29, 1.82) is 0 Å². The van der Waals surface area contributed by atoms with E-state index in [-0.39, 0.29) is 37.5 Å². The number of rotatable bonds is 47. The molecule has 0 fully saturated rings. The molecule has 362 valence electrons. The first-order valence-corrected chi connectivity index (χ1v) is 26.4. The Kier molecular flexibility index (Phi) is 48.9. The van der Waals surface area contributed by atoms with E-state index >= 15 is 0 Å². The summed E-state index contributed by atoms with van der Waals surface area (Å²) in [6.45, 7) is 6.53. The second-order valence-corrected chi connectivity index (χ2v) is 17.4. The van der Waals surface area contributed by atoms with E-state index in [1.54, 1.807) is 0 Å². The van der Waals surface area contributed by atoms with E-state index in [1.807, 2.05) is 0 Å². The molecule has 0 bridgehead atoms. The Morgan fingerprint density at radius 3 is 1.00 bits per heavy atom. The highest BCUT2D eigenvalue weighted by Crippen LogP contribution is 2.14. The first-order chi connectivity index (χ1) is 31.0. The topological polar surface area (TPSA) is 78.9 Å². The van der Waals surface area contributed by atoms with Crippen LogP contribution < -0.4 is 0 Å². The van der Waals surface area contributed by atoms with Gasteiger partial charge in [0, 0.05) is 19.3 Å². The summed E-state index contributed by atoms with van der Waals surface area (Å²) in [6.07, 6.45) is 64.6. The van der Waals surface area contributed by atoms with Crippen molar-refractivity contribution < 1.29 is 28.6 Å².